The quantitative estimate of drug-likeness (QED) is 0.786. The summed E-state index contributed by atoms with van der Waals surface area (Å²) in [6.45, 7) is 0.734. The van der Waals surface area contributed by atoms with E-state index in [1.807, 2.05) is 0 Å². The van der Waals surface area contributed by atoms with Crippen LogP contribution in [0, 0.1) is 5.82 Å². The molecule has 0 bridgehead atoms. The van der Waals surface area contributed by atoms with Gasteiger partial charge < -0.3 is 20.1 Å². The number of nitrogens with zero attached hydrogens (tertiary/aromatic N) is 2. The maximum atomic E-state index is 13.0. The van der Waals surface area contributed by atoms with Crippen LogP contribution in [0.4, 0.5) is 4.39 Å². The number of hydrogen-bond acceptors (Lipinski definition) is 5. The summed E-state index contributed by atoms with van der Waals surface area (Å²) in [5.41, 5.74) is 4.64. The fraction of sp³-hybridized carbons (Fsp3) is 0.353. The van der Waals surface area contributed by atoms with Crippen molar-refractivity contribution in [1.29, 1.82) is 0 Å². The smallest absolute Gasteiger partial charge is 0.272 e. The summed E-state index contributed by atoms with van der Waals surface area (Å²) in [6.07, 6.45) is 1.38. The molecule has 1 aliphatic rings. The van der Waals surface area contributed by atoms with Crippen LogP contribution in [0.15, 0.2) is 36.5 Å². The Morgan fingerprint density at radius 1 is 1.35 bits per heavy atom. The Morgan fingerprint density at radius 2 is 2.12 bits per heavy atom. The molecule has 0 unspecified atom stereocenters. The molecule has 0 saturated carbocycles. The summed E-state index contributed by atoms with van der Waals surface area (Å²) in [5.74, 6) is -0.768. The summed E-state index contributed by atoms with van der Waals surface area (Å²) < 4.78 is 24.5. The van der Waals surface area contributed by atoms with E-state index in [2.05, 4.69) is 10.2 Å². The molecule has 1 fully saturated rings. The second kappa shape index (κ2) is 7.52. The van der Waals surface area contributed by atoms with Gasteiger partial charge in [0.05, 0.1) is 19.6 Å². The van der Waals surface area contributed by atoms with Crippen molar-refractivity contribution in [3.8, 4) is 5.75 Å². The fourth-order valence-corrected chi connectivity index (χ4v) is 2.87. The number of ether oxygens (including phenoxy) is 2. The van der Waals surface area contributed by atoms with Crippen LogP contribution < -0.4 is 10.5 Å². The standard InChI is InChI=1S/C17H19FN4O4/c18-12-1-3-13(4-2-12)25-11-17(9-15(19)23)10-22(7-8-26-17)16(24)14-5-6-20-21-14/h1-6H,7-11H2,(H2,19,23)(H,20,21)/t17-/m1/s1. The molecule has 0 spiro atoms. The SMILES string of the molecule is NC(=O)C[C@]1(COc2ccc(F)cc2)CN(C(=O)c2ccn[nH]2)CCO1. The number of H-pyrrole nitrogens is 1. The molecular weight excluding hydrogens is 343 g/mol. The molecule has 1 atom stereocenters. The van der Waals surface area contributed by atoms with Crippen LogP contribution in [-0.2, 0) is 9.53 Å². The van der Waals surface area contributed by atoms with Gasteiger partial charge in [-0.25, -0.2) is 4.39 Å². The van der Waals surface area contributed by atoms with Crippen molar-refractivity contribution in [3.05, 3.63) is 48.0 Å². The first-order valence-electron chi connectivity index (χ1n) is 8.07. The number of hydrogen-bond donors (Lipinski definition) is 2. The first-order chi connectivity index (χ1) is 12.5. The minimum Gasteiger partial charge on any atom is -0.490 e. The lowest BCUT2D eigenvalue weighted by atomic mass is 9.97. The lowest BCUT2D eigenvalue weighted by molar-refractivity contribution is -0.142. The number of morpholine rings is 1. The van der Waals surface area contributed by atoms with Crippen LogP contribution in [0.3, 0.4) is 0 Å². The minimum atomic E-state index is -1.08. The molecular formula is C17H19FN4O4. The predicted octanol–water partition coefficient (Wildman–Crippen LogP) is 0.714. The highest BCUT2D eigenvalue weighted by atomic mass is 19.1. The predicted molar refractivity (Wildman–Crippen MR) is 88.9 cm³/mol. The lowest BCUT2D eigenvalue weighted by Gasteiger charge is -2.41. The maximum absolute atomic E-state index is 13.0. The summed E-state index contributed by atoms with van der Waals surface area (Å²) in [7, 11) is 0. The van der Waals surface area contributed by atoms with E-state index in [1.165, 1.54) is 30.5 Å². The third-order valence-electron chi connectivity index (χ3n) is 4.08. The van der Waals surface area contributed by atoms with Crippen molar-refractivity contribution in [3.63, 3.8) is 0 Å². The van der Waals surface area contributed by atoms with Gasteiger partial charge in [-0.1, -0.05) is 0 Å². The molecule has 138 valence electrons. The van der Waals surface area contributed by atoms with Crippen molar-refractivity contribution < 1.29 is 23.5 Å². The van der Waals surface area contributed by atoms with Gasteiger partial charge in [0.15, 0.2) is 0 Å². The van der Waals surface area contributed by atoms with E-state index in [1.54, 1.807) is 11.0 Å². The van der Waals surface area contributed by atoms with Gasteiger partial charge in [0, 0.05) is 12.7 Å². The monoisotopic (exact) mass is 362 g/mol. The average Bonchev–Trinajstić information content (AvgIpc) is 3.15. The topological polar surface area (TPSA) is 111 Å². The number of primary amides is 1. The van der Waals surface area contributed by atoms with E-state index in [4.69, 9.17) is 15.2 Å². The van der Waals surface area contributed by atoms with E-state index in [0.717, 1.165) is 0 Å². The Hall–Kier alpha value is -2.94. The number of nitrogens with two attached hydrogens (primary N) is 1. The first-order valence-corrected chi connectivity index (χ1v) is 8.07. The Labute approximate surface area is 149 Å². The van der Waals surface area contributed by atoms with Gasteiger partial charge in [-0.05, 0) is 30.3 Å². The van der Waals surface area contributed by atoms with Crippen molar-refractivity contribution in [2.24, 2.45) is 5.73 Å². The fourth-order valence-electron chi connectivity index (χ4n) is 2.87. The largest absolute Gasteiger partial charge is 0.490 e. The number of nitrogens with one attached hydrogen (secondary N) is 1. The van der Waals surface area contributed by atoms with E-state index >= 15 is 0 Å². The number of halogens is 1. The molecule has 0 aliphatic carbocycles. The number of aromatic amines is 1. The number of amides is 2. The molecule has 1 aliphatic heterocycles. The summed E-state index contributed by atoms with van der Waals surface area (Å²) in [4.78, 5) is 25.7. The highest BCUT2D eigenvalue weighted by Crippen LogP contribution is 2.25. The van der Waals surface area contributed by atoms with E-state index in [9.17, 15) is 14.0 Å². The molecule has 1 aromatic carbocycles. The molecule has 2 amide bonds. The maximum Gasteiger partial charge on any atom is 0.272 e. The summed E-state index contributed by atoms with van der Waals surface area (Å²) >= 11 is 0. The molecule has 8 nitrogen and oxygen atoms in total. The zero-order chi connectivity index (χ0) is 18.6. The zero-order valence-electron chi connectivity index (χ0n) is 14.0. The van der Waals surface area contributed by atoms with Crippen molar-refractivity contribution in [2.45, 2.75) is 12.0 Å². The second-order valence-corrected chi connectivity index (χ2v) is 6.11. The van der Waals surface area contributed by atoms with Crippen molar-refractivity contribution in [2.75, 3.05) is 26.3 Å². The molecule has 3 N–H and O–H groups in total. The van der Waals surface area contributed by atoms with E-state index < -0.39 is 11.5 Å². The highest BCUT2D eigenvalue weighted by molar-refractivity contribution is 5.92. The molecule has 9 heteroatoms. The van der Waals surface area contributed by atoms with E-state index in [-0.39, 0.29) is 37.9 Å². The second-order valence-electron chi connectivity index (χ2n) is 6.11. The Bertz CT molecular complexity index is 766. The Kier molecular flexibility index (Phi) is 5.17. The molecule has 1 aromatic heterocycles. The number of benzene rings is 1. The van der Waals surface area contributed by atoms with Gasteiger partial charge in [0.2, 0.25) is 5.91 Å². The summed E-state index contributed by atoms with van der Waals surface area (Å²) in [5, 5.41) is 6.40. The molecule has 2 heterocycles. The van der Waals surface area contributed by atoms with Gasteiger partial charge in [-0.15, -0.1) is 0 Å². The van der Waals surface area contributed by atoms with Gasteiger partial charge >= 0.3 is 0 Å². The lowest BCUT2D eigenvalue weighted by Crippen LogP contribution is -2.58. The van der Waals surface area contributed by atoms with E-state index in [0.29, 0.717) is 18.0 Å². The average molecular weight is 362 g/mol. The normalized spacial score (nSPS) is 20.0. The Morgan fingerprint density at radius 3 is 2.77 bits per heavy atom. The van der Waals surface area contributed by atoms with Crippen LogP contribution in [0.5, 0.6) is 5.75 Å². The van der Waals surface area contributed by atoms with Crippen molar-refractivity contribution in [1.82, 2.24) is 15.1 Å². The highest BCUT2D eigenvalue weighted by Gasteiger charge is 2.41. The van der Waals surface area contributed by atoms with Gasteiger partial charge in [-0.3, -0.25) is 14.7 Å². The third kappa shape index (κ3) is 4.17. The number of carbonyl (C=O) groups excluding carboxylic acids is 2. The molecule has 1 saturated heterocycles. The van der Waals surface area contributed by atoms with Gasteiger partial charge in [0.1, 0.15) is 29.5 Å². The number of rotatable bonds is 6. The van der Waals surface area contributed by atoms with Crippen LogP contribution in [0.1, 0.15) is 16.9 Å². The van der Waals surface area contributed by atoms with Crippen molar-refractivity contribution >= 4 is 11.8 Å². The molecule has 26 heavy (non-hydrogen) atoms. The minimum absolute atomic E-state index is 0.00563. The van der Waals surface area contributed by atoms with Crippen LogP contribution in [0.2, 0.25) is 0 Å². The van der Waals surface area contributed by atoms with Gasteiger partial charge in [-0.2, -0.15) is 5.10 Å². The molecule has 2 aromatic rings. The Balaban J connectivity index is 1.74. The molecule has 0 radical (unpaired) electrons. The number of carbonyl (C=O) groups is 2. The first kappa shape index (κ1) is 17.9. The van der Waals surface area contributed by atoms with Crippen LogP contribution >= 0.6 is 0 Å². The van der Waals surface area contributed by atoms with Crippen LogP contribution in [-0.4, -0.2) is 58.8 Å². The van der Waals surface area contributed by atoms with Gasteiger partial charge in [0.25, 0.3) is 5.91 Å². The third-order valence-corrected chi connectivity index (χ3v) is 4.08. The van der Waals surface area contributed by atoms with Crippen LogP contribution in [0.25, 0.3) is 0 Å². The zero-order valence-corrected chi connectivity index (χ0v) is 14.0. The number of aromatic nitrogens is 2. The summed E-state index contributed by atoms with van der Waals surface area (Å²) in [6, 6.07) is 7.06. The molecule has 3 rings (SSSR count).